The van der Waals surface area contributed by atoms with Crippen molar-refractivity contribution in [3.63, 3.8) is 0 Å². The van der Waals surface area contributed by atoms with Crippen molar-refractivity contribution in [1.82, 2.24) is 0 Å². The number of carboxylic acids is 1. The van der Waals surface area contributed by atoms with Gasteiger partial charge in [0.15, 0.2) is 6.61 Å². The molecule has 1 aromatic carbocycles. The Hall–Kier alpha value is -1.84. The first-order valence-corrected chi connectivity index (χ1v) is 3.98. The molecule has 73 valence electrons. The van der Waals surface area contributed by atoms with Gasteiger partial charge in [-0.3, -0.25) is 9.59 Å². The van der Waals surface area contributed by atoms with Gasteiger partial charge in [-0.1, -0.05) is 30.3 Å². The van der Waals surface area contributed by atoms with Crippen LogP contribution in [0.25, 0.3) is 0 Å². The zero-order chi connectivity index (χ0) is 10.4. The molecule has 0 spiro atoms. The lowest BCUT2D eigenvalue weighted by Gasteiger charge is -2.01. The van der Waals surface area contributed by atoms with Gasteiger partial charge in [0.1, 0.15) is 6.42 Å². The summed E-state index contributed by atoms with van der Waals surface area (Å²) in [6.07, 6.45) is -0.622. The second kappa shape index (κ2) is 5.01. The molecule has 0 aliphatic rings. The molecule has 1 aromatic rings. The molecule has 14 heavy (non-hydrogen) atoms. The molecule has 0 fully saturated rings. The van der Waals surface area contributed by atoms with Crippen LogP contribution in [0.5, 0.6) is 0 Å². The molecule has 0 bridgehead atoms. The Kier molecular flexibility index (Phi) is 3.67. The van der Waals surface area contributed by atoms with Crippen LogP contribution < -0.4 is 0 Å². The number of carbonyl (C=O) groups excluding carboxylic acids is 1. The molecule has 1 rings (SSSR count). The summed E-state index contributed by atoms with van der Waals surface area (Å²) in [7, 11) is 0. The van der Waals surface area contributed by atoms with Crippen molar-refractivity contribution in [3.05, 3.63) is 42.5 Å². The number of hydrogen-bond acceptors (Lipinski definition) is 3. The fraction of sp³-hybridized carbons (Fsp3) is 0.100. The Balaban J connectivity index is 2.34. The van der Waals surface area contributed by atoms with Gasteiger partial charge in [0.2, 0.25) is 0 Å². The molecular formula is C10H9O4. The van der Waals surface area contributed by atoms with Crippen LogP contribution in [-0.4, -0.2) is 17.0 Å². The van der Waals surface area contributed by atoms with Gasteiger partial charge < -0.3 is 9.84 Å². The average Bonchev–Trinajstić information content (AvgIpc) is 2.15. The van der Waals surface area contributed by atoms with Crippen molar-refractivity contribution in [3.8, 4) is 0 Å². The normalized spacial score (nSPS) is 9.43. The number of aliphatic carboxylic acids is 1. The zero-order valence-electron chi connectivity index (χ0n) is 7.34. The van der Waals surface area contributed by atoms with Crippen LogP contribution >= 0.6 is 0 Å². The van der Waals surface area contributed by atoms with Gasteiger partial charge in [-0.15, -0.1) is 0 Å². The highest BCUT2D eigenvalue weighted by Crippen LogP contribution is 2.03. The topological polar surface area (TPSA) is 63.6 Å². The second-order valence-electron chi connectivity index (χ2n) is 2.59. The number of ether oxygens (including phenoxy) is 1. The van der Waals surface area contributed by atoms with E-state index in [1.807, 2.05) is 6.07 Å². The third kappa shape index (κ3) is 3.71. The number of rotatable bonds is 4. The van der Waals surface area contributed by atoms with Crippen LogP contribution in [0.1, 0.15) is 12.0 Å². The van der Waals surface area contributed by atoms with Gasteiger partial charge in [0, 0.05) is 0 Å². The number of benzene rings is 1. The maximum absolute atomic E-state index is 10.8. The van der Waals surface area contributed by atoms with E-state index in [4.69, 9.17) is 5.11 Å². The first-order valence-electron chi connectivity index (χ1n) is 3.98. The summed E-state index contributed by atoms with van der Waals surface area (Å²) in [5, 5.41) is 8.27. The Labute approximate surface area is 81.1 Å². The minimum atomic E-state index is -1.20. The van der Waals surface area contributed by atoms with Gasteiger partial charge in [0.25, 0.3) is 0 Å². The van der Waals surface area contributed by atoms with Crippen LogP contribution in [0.15, 0.2) is 30.3 Å². The number of esters is 1. The van der Waals surface area contributed by atoms with Crippen molar-refractivity contribution in [2.75, 3.05) is 0 Å². The summed E-state index contributed by atoms with van der Waals surface area (Å²) in [5.41, 5.74) is 0.714. The van der Waals surface area contributed by atoms with Gasteiger partial charge in [0.05, 0.1) is 0 Å². The lowest BCUT2D eigenvalue weighted by atomic mass is 10.2. The summed E-state index contributed by atoms with van der Waals surface area (Å²) in [6, 6.07) is 8.90. The van der Waals surface area contributed by atoms with E-state index in [9.17, 15) is 9.59 Å². The largest absolute Gasteiger partial charge is 0.481 e. The van der Waals surface area contributed by atoms with E-state index < -0.39 is 18.4 Å². The minimum Gasteiger partial charge on any atom is -0.481 e. The molecule has 0 atom stereocenters. The molecule has 0 saturated carbocycles. The lowest BCUT2D eigenvalue weighted by molar-refractivity contribution is -0.148. The maximum atomic E-state index is 10.8. The van der Waals surface area contributed by atoms with E-state index in [1.165, 1.54) is 6.61 Å². The fourth-order valence-electron chi connectivity index (χ4n) is 0.831. The summed E-state index contributed by atoms with van der Waals surface area (Å²) in [5.74, 6) is -1.97. The quantitative estimate of drug-likeness (QED) is 0.576. The van der Waals surface area contributed by atoms with Crippen LogP contribution in [0, 0.1) is 6.61 Å². The molecule has 0 heterocycles. The molecule has 0 saturated heterocycles. The Morgan fingerprint density at radius 3 is 2.50 bits per heavy atom. The van der Waals surface area contributed by atoms with E-state index in [-0.39, 0.29) is 0 Å². The molecule has 0 aliphatic heterocycles. The smallest absolute Gasteiger partial charge is 0.317 e. The van der Waals surface area contributed by atoms with E-state index >= 15 is 0 Å². The Morgan fingerprint density at radius 2 is 1.93 bits per heavy atom. The molecule has 1 N–H and O–H groups in total. The van der Waals surface area contributed by atoms with Crippen LogP contribution in [0.3, 0.4) is 0 Å². The standard InChI is InChI=1S/C10H9O4/c11-9(12)6-10(13)14-7-8-4-2-1-3-5-8/h1-5,7H,6H2,(H,11,12). The Bertz CT molecular complexity index is 318. The van der Waals surface area contributed by atoms with Crippen LogP contribution in [0.2, 0.25) is 0 Å². The molecule has 0 aromatic heterocycles. The highest BCUT2D eigenvalue weighted by Gasteiger charge is 2.08. The Morgan fingerprint density at radius 1 is 1.29 bits per heavy atom. The summed E-state index contributed by atoms with van der Waals surface area (Å²) in [4.78, 5) is 20.9. The highest BCUT2D eigenvalue weighted by molar-refractivity contribution is 5.90. The van der Waals surface area contributed by atoms with Crippen molar-refractivity contribution >= 4 is 11.9 Å². The van der Waals surface area contributed by atoms with E-state index in [0.29, 0.717) is 5.56 Å². The van der Waals surface area contributed by atoms with Crippen LogP contribution in [-0.2, 0) is 14.3 Å². The summed E-state index contributed by atoms with van der Waals surface area (Å²) in [6.45, 7) is 1.23. The average molecular weight is 193 g/mol. The number of hydrogen-bond donors (Lipinski definition) is 1. The highest BCUT2D eigenvalue weighted by atomic mass is 16.5. The molecule has 0 aliphatic carbocycles. The van der Waals surface area contributed by atoms with Gasteiger partial charge in [-0.25, -0.2) is 0 Å². The summed E-state index contributed by atoms with van der Waals surface area (Å²) >= 11 is 0. The third-order valence-electron chi connectivity index (χ3n) is 1.42. The molecule has 0 unspecified atom stereocenters. The maximum Gasteiger partial charge on any atom is 0.317 e. The monoisotopic (exact) mass is 193 g/mol. The molecule has 0 amide bonds. The van der Waals surface area contributed by atoms with Gasteiger partial charge >= 0.3 is 11.9 Å². The van der Waals surface area contributed by atoms with E-state index in [1.54, 1.807) is 24.3 Å². The number of carboxylic acid groups (broad SMARTS) is 1. The second-order valence-corrected chi connectivity index (χ2v) is 2.59. The number of carbonyl (C=O) groups is 2. The lowest BCUT2D eigenvalue weighted by Crippen LogP contribution is -2.09. The van der Waals surface area contributed by atoms with Crippen molar-refractivity contribution in [2.24, 2.45) is 0 Å². The van der Waals surface area contributed by atoms with Crippen molar-refractivity contribution in [1.29, 1.82) is 0 Å². The molecule has 4 heteroatoms. The third-order valence-corrected chi connectivity index (χ3v) is 1.42. The van der Waals surface area contributed by atoms with Gasteiger partial charge in [-0.2, -0.15) is 0 Å². The molecular weight excluding hydrogens is 184 g/mol. The predicted octanol–water partition coefficient (Wildman–Crippen LogP) is 1.21. The van der Waals surface area contributed by atoms with Crippen molar-refractivity contribution < 1.29 is 19.4 Å². The minimum absolute atomic E-state index is 0.622. The van der Waals surface area contributed by atoms with Crippen molar-refractivity contribution in [2.45, 2.75) is 6.42 Å². The SMILES string of the molecule is O=C(O)CC(=O)O[CH]c1ccccc1. The molecule has 1 radical (unpaired) electrons. The fourth-order valence-corrected chi connectivity index (χ4v) is 0.831. The van der Waals surface area contributed by atoms with Crippen LogP contribution in [0.4, 0.5) is 0 Å². The molecule has 4 nitrogen and oxygen atoms in total. The van der Waals surface area contributed by atoms with E-state index in [2.05, 4.69) is 4.74 Å². The predicted molar refractivity (Wildman–Crippen MR) is 48.2 cm³/mol. The van der Waals surface area contributed by atoms with E-state index in [0.717, 1.165) is 0 Å². The first-order chi connectivity index (χ1) is 6.68. The summed E-state index contributed by atoms with van der Waals surface area (Å²) < 4.78 is 4.59. The first kappa shape index (κ1) is 10.2. The van der Waals surface area contributed by atoms with Gasteiger partial charge in [-0.05, 0) is 5.56 Å². The zero-order valence-corrected chi connectivity index (χ0v) is 7.34.